The van der Waals surface area contributed by atoms with Crippen molar-refractivity contribution >= 4 is 16.5 Å². The summed E-state index contributed by atoms with van der Waals surface area (Å²) in [5, 5.41) is 0.670. The molecular weight excluding hydrogens is 280 g/mol. The number of nitrogens with two attached hydrogens (primary N) is 1. The third-order valence-electron chi connectivity index (χ3n) is 3.90. The van der Waals surface area contributed by atoms with E-state index in [1.807, 2.05) is 6.20 Å². The van der Waals surface area contributed by atoms with Crippen LogP contribution >= 0.6 is 11.3 Å². The molecule has 5 heteroatoms. The summed E-state index contributed by atoms with van der Waals surface area (Å²) in [6.45, 7) is 8.68. The zero-order valence-corrected chi connectivity index (χ0v) is 13.3. The van der Waals surface area contributed by atoms with Crippen molar-refractivity contribution in [1.82, 2.24) is 14.8 Å². The fraction of sp³-hybridized carbons (Fsp3) is 0.438. The molecule has 0 amide bonds. The van der Waals surface area contributed by atoms with Gasteiger partial charge in [0.05, 0.1) is 0 Å². The Morgan fingerprint density at radius 3 is 2.48 bits per heavy atom. The van der Waals surface area contributed by atoms with Gasteiger partial charge in [-0.1, -0.05) is 29.8 Å². The fourth-order valence-electron chi connectivity index (χ4n) is 2.79. The molecule has 1 aliphatic rings. The van der Waals surface area contributed by atoms with Crippen molar-refractivity contribution in [2.75, 3.05) is 31.9 Å². The van der Waals surface area contributed by atoms with E-state index < -0.39 is 0 Å². The Balaban J connectivity index is 1.48. The number of anilines is 1. The lowest BCUT2D eigenvalue weighted by atomic mass is 10.1. The van der Waals surface area contributed by atoms with E-state index in [1.54, 1.807) is 11.3 Å². The van der Waals surface area contributed by atoms with Crippen molar-refractivity contribution in [3.05, 3.63) is 46.5 Å². The topological polar surface area (TPSA) is 45.4 Å². The molecular formula is C16H22N4S. The Morgan fingerprint density at radius 1 is 1.14 bits per heavy atom. The molecule has 1 saturated heterocycles. The molecule has 1 aliphatic heterocycles. The van der Waals surface area contributed by atoms with Gasteiger partial charge in [-0.05, 0) is 12.5 Å². The zero-order valence-electron chi connectivity index (χ0n) is 12.5. The van der Waals surface area contributed by atoms with Crippen molar-refractivity contribution < 1.29 is 0 Å². The van der Waals surface area contributed by atoms with Crippen molar-refractivity contribution in [3.63, 3.8) is 0 Å². The van der Waals surface area contributed by atoms with Crippen molar-refractivity contribution in [2.24, 2.45) is 0 Å². The highest BCUT2D eigenvalue weighted by Crippen LogP contribution is 2.18. The van der Waals surface area contributed by atoms with Crippen LogP contribution in [0, 0.1) is 6.92 Å². The molecule has 1 aromatic heterocycles. The van der Waals surface area contributed by atoms with Gasteiger partial charge in [0.2, 0.25) is 0 Å². The molecule has 0 bridgehead atoms. The number of thiazole rings is 1. The molecule has 0 unspecified atom stereocenters. The van der Waals surface area contributed by atoms with Crippen LogP contribution < -0.4 is 5.73 Å². The van der Waals surface area contributed by atoms with Crippen LogP contribution in [-0.4, -0.2) is 41.0 Å². The van der Waals surface area contributed by atoms with Gasteiger partial charge >= 0.3 is 0 Å². The van der Waals surface area contributed by atoms with E-state index >= 15 is 0 Å². The van der Waals surface area contributed by atoms with Gasteiger partial charge in [-0.15, -0.1) is 11.3 Å². The first-order valence-electron chi connectivity index (χ1n) is 7.39. The van der Waals surface area contributed by atoms with E-state index in [4.69, 9.17) is 5.73 Å². The first-order chi connectivity index (χ1) is 10.2. The smallest absolute Gasteiger partial charge is 0.180 e. The number of piperazine rings is 1. The minimum Gasteiger partial charge on any atom is -0.375 e. The summed E-state index contributed by atoms with van der Waals surface area (Å²) in [5.41, 5.74) is 8.44. The number of nitrogen functional groups attached to an aromatic ring is 1. The number of benzene rings is 1. The van der Waals surface area contributed by atoms with Crippen LogP contribution in [-0.2, 0) is 13.1 Å². The molecule has 21 heavy (non-hydrogen) atoms. The van der Waals surface area contributed by atoms with Gasteiger partial charge in [-0.3, -0.25) is 9.80 Å². The maximum Gasteiger partial charge on any atom is 0.180 e. The standard InChI is InChI=1S/C16H22N4S/c1-13-3-2-4-14(9-13)11-19-5-7-20(8-6-19)12-15-10-18-16(17)21-15/h2-4,9-10H,5-8,11-12H2,1H3,(H2,17,18). The molecule has 0 aliphatic carbocycles. The molecule has 2 N–H and O–H groups in total. The summed E-state index contributed by atoms with van der Waals surface area (Å²) in [4.78, 5) is 10.4. The predicted octanol–water partition coefficient (Wildman–Crippen LogP) is 2.35. The molecule has 0 spiro atoms. The largest absolute Gasteiger partial charge is 0.375 e. The molecule has 1 fully saturated rings. The van der Waals surface area contributed by atoms with E-state index in [0.29, 0.717) is 5.13 Å². The highest BCUT2D eigenvalue weighted by Gasteiger charge is 2.17. The minimum absolute atomic E-state index is 0.670. The average Bonchev–Trinajstić information content (AvgIpc) is 2.86. The molecule has 2 heterocycles. The molecule has 2 aromatic rings. The molecule has 0 radical (unpaired) electrons. The summed E-state index contributed by atoms with van der Waals surface area (Å²) >= 11 is 1.60. The van der Waals surface area contributed by atoms with Crippen LogP contribution in [0.3, 0.4) is 0 Å². The highest BCUT2D eigenvalue weighted by molar-refractivity contribution is 7.15. The summed E-state index contributed by atoms with van der Waals surface area (Å²) < 4.78 is 0. The zero-order chi connectivity index (χ0) is 14.7. The lowest BCUT2D eigenvalue weighted by Gasteiger charge is -2.34. The van der Waals surface area contributed by atoms with Gasteiger partial charge in [0.25, 0.3) is 0 Å². The number of nitrogens with zero attached hydrogens (tertiary/aromatic N) is 3. The predicted molar refractivity (Wildman–Crippen MR) is 88.3 cm³/mol. The summed E-state index contributed by atoms with van der Waals surface area (Å²) in [7, 11) is 0. The number of hydrogen-bond acceptors (Lipinski definition) is 5. The first-order valence-corrected chi connectivity index (χ1v) is 8.21. The van der Waals surface area contributed by atoms with Crippen LogP contribution in [0.25, 0.3) is 0 Å². The van der Waals surface area contributed by atoms with E-state index in [2.05, 4.69) is 46.0 Å². The number of hydrogen-bond donors (Lipinski definition) is 1. The van der Waals surface area contributed by atoms with Gasteiger partial charge in [0.15, 0.2) is 5.13 Å². The van der Waals surface area contributed by atoms with E-state index in [0.717, 1.165) is 39.3 Å². The third-order valence-corrected chi connectivity index (χ3v) is 4.72. The first kappa shape index (κ1) is 14.5. The molecule has 3 rings (SSSR count). The maximum absolute atomic E-state index is 5.68. The summed E-state index contributed by atoms with van der Waals surface area (Å²) in [6.07, 6.45) is 1.90. The van der Waals surface area contributed by atoms with Gasteiger partial charge in [0, 0.05) is 50.3 Å². The Hall–Kier alpha value is -1.43. The molecule has 0 atom stereocenters. The summed E-state index contributed by atoms with van der Waals surface area (Å²) in [5.74, 6) is 0. The molecule has 112 valence electrons. The van der Waals surface area contributed by atoms with Crippen molar-refractivity contribution in [1.29, 1.82) is 0 Å². The Kier molecular flexibility index (Phi) is 4.53. The Bertz CT molecular complexity index is 587. The minimum atomic E-state index is 0.670. The number of aromatic nitrogens is 1. The number of rotatable bonds is 4. The monoisotopic (exact) mass is 302 g/mol. The Labute approximate surface area is 130 Å². The lowest BCUT2D eigenvalue weighted by Crippen LogP contribution is -2.45. The van der Waals surface area contributed by atoms with Crippen LogP contribution in [0.5, 0.6) is 0 Å². The number of aryl methyl sites for hydroxylation is 1. The second kappa shape index (κ2) is 6.56. The molecule has 0 saturated carbocycles. The van der Waals surface area contributed by atoms with E-state index in [9.17, 15) is 0 Å². The second-order valence-electron chi connectivity index (χ2n) is 5.71. The van der Waals surface area contributed by atoms with Crippen LogP contribution in [0.2, 0.25) is 0 Å². The second-order valence-corrected chi connectivity index (χ2v) is 6.85. The summed E-state index contributed by atoms with van der Waals surface area (Å²) in [6, 6.07) is 8.81. The van der Waals surface area contributed by atoms with E-state index in [1.165, 1.54) is 16.0 Å². The van der Waals surface area contributed by atoms with Crippen LogP contribution in [0.4, 0.5) is 5.13 Å². The van der Waals surface area contributed by atoms with Gasteiger partial charge in [0.1, 0.15) is 0 Å². The molecule has 4 nitrogen and oxygen atoms in total. The van der Waals surface area contributed by atoms with Crippen LogP contribution in [0.1, 0.15) is 16.0 Å². The Morgan fingerprint density at radius 2 is 1.86 bits per heavy atom. The van der Waals surface area contributed by atoms with Crippen LogP contribution in [0.15, 0.2) is 30.5 Å². The van der Waals surface area contributed by atoms with Gasteiger partial charge in [-0.2, -0.15) is 0 Å². The van der Waals surface area contributed by atoms with Gasteiger partial charge in [-0.25, -0.2) is 4.98 Å². The normalized spacial score (nSPS) is 17.2. The van der Waals surface area contributed by atoms with E-state index in [-0.39, 0.29) is 0 Å². The third kappa shape index (κ3) is 4.03. The fourth-order valence-corrected chi connectivity index (χ4v) is 3.52. The average molecular weight is 302 g/mol. The SMILES string of the molecule is Cc1cccc(CN2CCN(Cc3cnc(N)s3)CC2)c1. The van der Waals surface area contributed by atoms with Crippen molar-refractivity contribution in [3.8, 4) is 0 Å². The molecule has 1 aromatic carbocycles. The van der Waals surface area contributed by atoms with Gasteiger partial charge < -0.3 is 5.73 Å². The highest BCUT2D eigenvalue weighted by atomic mass is 32.1. The maximum atomic E-state index is 5.68. The quantitative estimate of drug-likeness (QED) is 0.942. The van der Waals surface area contributed by atoms with Crippen molar-refractivity contribution in [2.45, 2.75) is 20.0 Å². The lowest BCUT2D eigenvalue weighted by molar-refractivity contribution is 0.123.